The lowest BCUT2D eigenvalue weighted by atomic mass is 10.0. The van der Waals surface area contributed by atoms with E-state index in [9.17, 15) is 0 Å². The number of aromatic amines is 1. The van der Waals surface area contributed by atoms with Crippen molar-refractivity contribution in [2.24, 2.45) is 0 Å². The Morgan fingerprint density at radius 1 is 1.50 bits per heavy atom. The summed E-state index contributed by atoms with van der Waals surface area (Å²) >= 11 is 0. The molecule has 3 nitrogen and oxygen atoms in total. The first-order chi connectivity index (χ1) is 6.81. The zero-order valence-corrected chi connectivity index (χ0v) is 8.54. The van der Waals surface area contributed by atoms with E-state index in [1.807, 2.05) is 7.05 Å². The number of likely N-dealkylation sites (N-methyl/N-ethyl adjacent to an activating group) is 1. The summed E-state index contributed by atoms with van der Waals surface area (Å²) in [4.78, 5) is 7.32. The molecule has 2 N–H and O–H groups in total. The van der Waals surface area contributed by atoms with Crippen molar-refractivity contribution < 1.29 is 0 Å². The number of aromatic nitrogens is 2. The Labute approximate surface area is 83.6 Å². The zero-order valence-electron chi connectivity index (χ0n) is 8.54. The van der Waals surface area contributed by atoms with E-state index in [2.05, 4.69) is 40.4 Å². The van der Waals surface area contributed by atoms with Crippen molar-refractivity contribution in [1.29, 1.82) is 0 Å². The highest BCUT2D eigenvalue weighted by Gasteiger charge is 2.05. The molecule has 1 aromatic heterocycles. The van der Waals surface area contributed by atoms with Crippen LogP contribution in [-0.4, -0.2) is 23.6 Å². The van der Waals surface area contributed by atoms with Gasteiger partial charge in [0.25, 0.3) is 0 Å². The molecular formula is C11H15N3. The molecule has 1 aromatic carbocycles. The lowest BCUT2D eigenvalue weighted by Crippen LogP contribution is -2.14. The standard InChI is InChI=1S/C11H15N3/c1-8(6-12-2)9-3-4-10-11(5-9)14-7-13-10/h3-5,7-8,12H,6H2,1-2H3,(H,13,14). The van der Waals surface area contributed by atoms with Crippen LogP contribution in [0.25, 0.3) is 11.0 Å². The van der Waals surface area contributed by atoms with E-state index >= 15 is 0 Å². The minimum absolute atomic E-state index is 0.535. The predicted octanol–water partition coefficient (Wildman–Crippen LogP) is 1.89. The van der Waals surface area contributed by atoms with Crippen molar-refractivity contribution in [3.8, 4) is 0 Å². The van der Waals surface area contributed by atoms with E-state index in [0.717, 1.165) is 17.6 Å². The van der Waals surface area contributed by atoms with Crippen molar-refractivity contribution in [3.05, 3.63) is 30.1 Å². The van der Waals surface area contributed by atoms with Gasteiger partial charge < -0.3 is 10.3 Å². The molecule has 0 bridgehead atoms. The van der Waals surface area contributed by atoms with E-state index in [-0.39, 0.29) is 0 Å². The maximum absolute atomic E-state index is 4.19. The molecule has 0 aliphatic carbocycles. The number of nitrogens with zero attached hydrogens (tertiary/aromatic N) is 1. The number of benzene rings is 1. The zero-order chi connectivity index (χ0) is 9.97. The van der Waals surface area contributed by atoms with Crippen LogP contribution in [0.4, 0.5) is 0 Å². The minimum atomic E-state index is 0.535. The van der Waals surface area contributed by atoms with Crippen LogP contribution < -0.4 is 5.32 Å². The largest absolute Gasteiger partial charge is 0.345 e. The summed E-state index contributed by atoms with van der Waals surface area (Å²) in [6.07, 6.45) is 1.73. The van der Waals surface area contributed by atoms with Crippen LogP contribution in [-0.2, 0) is 0 Å². The average molecular weight is 189 g/mol. The highest BCUT2D eigenvalue weighted by Crippen LogP contribution is 2.18. The maximum Gasteiger partial charge on any atom is 0.0931 e. The SMILES string of the molecule is CNCC(C)c1ccc2nc[nH]c2c1. The van der Waals surface area contributed by atoms with Gasteiger partial charge >= 0.3 is 0 Å². The van der Waals surface area contributed by atoms with Crippen LogP contribution in [0.3, 0.4) is 0 Å². The van der Waals surface area contributed by atoms with Crippen LogP contribution in [0.5, 0.6) is 0 Å². The van der Waals surface area contributed by atoms with Crippen LogP contribution in [0.15, 0.2) is 24.5 Å². The van der Waals surface area contributed by atoms with Crippen LogP contribution >= 0.6 is 0 Å². The number of imidazole rings is 1. The van der Waals surface area contributed by atoms with Crippen molar-refractivity contribution in [3.63, 3.8) is 0 Å². The number of rotatable bonds is 3. The molecule has 0 aliphatic rings. The molecule has 2 aromatic rings. The molecule has 74 valence electrons. The molecule has 1 heterocycles. The van der Waals surface area contributed by atoms with E-state index in [0.29, 0.717) is 5.92 Å². The van der Waals surface area contributed by atoms with Gasteiger partial charge in [-0.25, -0.2) is 4.98 Å². The predicted molar refractivity (Wildman–Crippen MR) is 58.4 cm³/mol. The first-order valence-corrected chi connectivity index (χ1v) is 4.89. The van der Waals surface area contributed by atoms with Crippen LogP contribution in [0, 0.1) is 0 Å². The van der Waals surface area contributed by atoms with Gasteiger partial charge in [-0.1, -0.05) is 13.0 Å². The molecular weight excluding hydrogens is 174 g/mol. The second-order valence-corrected chi connectivity index (χ2v) is 3.64. The fourth-order valence-electron chi connectivity index (χ4n) is 1.68. The van der Waals surface area contributed by atoms with E-state index in [1.54, 1.807) is 6.33 Å². The molecule has 14 heavy (non-hydrogen) atoms. The minimum Gasteiger partial charge on any atom is -0.345 e. The Morgan fingerprint density at radius 3 is 3.14 bits per heavy atom. The van der Waals surface area contributed by atoms with E-state index in [4.69, 9.17) is 0 Å². The number of fused-ring (bicyclic) bond motifs is 1. The average Bonchev–Trinajstić information content (AvgIpc) is 2.64. The molecule has 0 saturated heterocycles. The summed E-state index contributed by atoms with van der Waals surface area (Å²) in [5.41, 5.74) is 3.49. The molecule has 0 spiro atoms. The molecule has 0 aliphatic heterocycles. The van der Waals surface area contributed by atoms with Gasteiger partial charge in [-0.3, -0.25) is 0 Å². The Morgan fingerprint density at radius 2 is 2.36 bits per heavy atom. The number of hydrogen-bond donors (Lipinski definition) is 2. The molecule has 0 amide bonds. The Balaban J connectivity index is 2.33. The highest BCUT2D eigenvalue weighted by molar-refractivity contribution is 5.75. The molecule has 3 heteroatoms. The third kappa shape index (κ3) is 1.63. The van der Waals surface area contributed by atoms with Crippen molar-refractivity contribution in [2.45, 2.75) is 12.8 Å². The monoisotopic (exact) mass is 189 g/mol. The van der Waals surface area contributed by atoms with Gasteiger partial charge in [-0.2, -0.15) is 0 Å². The fourth-order valence-corrected chi connectivity index (χ4v) is 1.68. The highest BCUT2D eigenvalue weighted by atomic mass is 14.9. The summed E-state index contributed by atoms with van der Waals surface area (Å²) in [5.74, 6) is 0.535. The van der Waals surface area contributed by atoms with E-state index in [1.165, 1.54) is 5.56 Å². The van der Waals surface area contributed by atoms with Crippen molar-refractivity contribution in [1.82, 2.24) is 15.3 Å². The molecule has 1 unspecified atom stereocenters. The van der Waals surface area contributed by atoms with Crippen LogP contribution in [0.1, 0.15) is 18.4 Å². The van der Waals surface area contributed by atoms with Gasteiger partial charge in [0, 0.05) is 6.54 Å². The van der Waals surface area contributed by atoms with Gasteiger partial charge in [-0.05, 0) is 30.7 Å². The fraction of sp³-hybridized carbons (Fsp3) is 0.364. The number of H-pyrrole nitrogens is 1. The smallest absolute Gasteiger partial charge is 0.0931 e. The van der Waals surface area contributed by atoms with Crippen LogP contribution in [0.2, 0.25) is 0 Å². The lowest BCUT2D eigenvalue weighted by molar-refractivity contribution is 0.678. The van der Waals surface area contributed by atoms with E-state index < -0.39 is 0 Å². The topological polar surface area (TPSA) is 40.7 Å². The molecule has 1 atom stereocenters. The lowest BCUT2D eigenvalue weighted by Gasteiger charge is -2.10. The Bertz CT molecular complexity index is 419. The molecule has 0 fully saturated rings. The van der Waals surface area contributed by atoms with Gasteiger partial charge in [0.05, 0.1) is 17.4 Å². The van der Waals surface area contributed by atoms with Gasteiger partial charge in [0.1, 0.15) is 0 Å². The first-order valence-electron chi connectivity index (χ1n) is 4.89. The molecule has 0 radical (unpaired) electrons. The van der Waals surface area contributed by atoms with Gasteiger partial charge in [0.15, 0.2) is 0 Å². The maximum atomic E-state index is 4.19. The number of nitrogens with one attached hydrogen (secondary N) is 2. The summed E-state index contributed by atoms with van der Waals surface area (Å²) in [7, 11) is 1.98. The second kappa shape index (κ2) is 3.80. The summed E-state index contributed by atoms with van der Waals surface area (Å²) < 4.78 is 0. The Hall–Kier alpha value is -1.35. The number of hydrogen-bond acceptors (Lipinski definition) is 2. The quantitative estimate of drug-likeness (QED) is 0.774. The van der Waals surface area contributed by atoms with Crippen molar-refractivity contribution >= 4 is 11.0 Å². The summed E-state index contributed by atoms with van der Waals surface area (Å²) in [6, 6.07) is 6.38. The van der Waals surface area contributed by atoms with Gasteiger partial charge in [0.2, 0.25) is 0 Å². The summed E-state index contributed by atoms with van der Waals surface area (Å²) in [6.45, 7) is 3.22. The second-order valence-electron chi connectivity index (χ2n) is 3.64. The molecule has 2 rings (SSSR count). The summed E-state index contributed by atoms with van der Waals surface area (Å²) in [5, 5.41) is 3.18. The third-order valence-electron chi connectivity index (χ3n) is 2.52. The Kier molecular flexibility index (Phi) is 2.50. The normalized spacial score (nSPS) is 13.3. The molecule has 0 saturated carbocycles. The van der Waals surface area contributed by atoms with Crippen molar-refractivity contribution in [2.75, 3.05) is 13.6 Å². The van der Waals surface area contributed by atoms with Gasteiger partial charge in [-0.15, -0.1) is 0 Å². The first kappa shape index (κ1) is 9.21. The third-order valence-corrected chi connectivity index (χ3v) is 2.52.